The van der Waals surface area contributed by atoms with E-state index in [1.807, 2.05) is 0 Å². The van der Waals surface area contributed by atoms with Crippen molar-refractivity contribution >= 4 is 11.9 Å². The number of nitrogens with zero attached hydrogens (tertiary/aromatic N) is 4. The molecule has 0 saturated heterocycles. The van der Waals surface area contributed by atoms with Crippen LogP contribution >= 0.6 is 0 Å². The van der Waals surface area contributed by atoms with E-state index >= 15 is 0 Å². The van der Waals surface area contributed by atoms with Crippen LogP contribution in [0.25, 0.3) is 5.69 Å². The molecule has 1 aromatic carbocycles. The van der Waals surface area contributed by atoms with Gasteiger partial charge in [0.05, 0.1) is 18.3 Å². The van der Waals surface area contributed by atoms with Gasteiger partial charge in [-0.3, -0.25) is 9.59 Å². The van der Waals surface area contributed by atoms with Crippen molar-refractivity contribution in [1.29, 1.82) is 0 Å². The second kappa shape index (κ2) is 6.33. The van der Waals surface area contributed by atoms with Crippen LogP contribution in [0.4, 0.5) is 4.39 Å². The zero-order chi connectivity index (χ0) is 16.3. The summed E-state index contributed by atoms with van der Waals surface area (Å²) in [5, 5.41) is 16.3. The maximum atomic E-state index is 13.1. The lowest BCUT2D eigenvalue weighted by molar-refractivity contribution is -0.137. The van der Waals surface area contributed by atoms with Crippen molar-refractivity contribution in [3.8, 4) is 5.69 Å². The maximum Gasteiger partial charge on any atom is 0.305 e. The fourth-order valence-corrected chi connectivity index (χ4v) is 1.92. The summed E-state index contributed by atoms with van der Waals surface area (Å²) in [7, 11) is 1.49. The Labute approximate surface area is 126 Å². The van der Waals surface area contributed by atoms with Crippen molar-refractivity contribution in [1.82, 2.24) is 19.9 Å². The summed E-state index contributed by atoms with van der Waals surface area (Å²) in [6.45, 7) is 1.80. The molecular weight excluding hydrogens is 291 g/mol. The summed E-state index contributed by atoms with van der Waals surface area (Å²) in [6, 6.07) is 4.20. The molecule has 0 aliphatic carbocycles. The van der Waals surface area contributed by atoms with Gasteiger partial charge >= 0.3 is 5.97 Å². The summed E-state index contributed by atoms with van der Waals surface area (Å²) in [5.74, 6) is -1.76. The summed E-state index contributed by atoms with van der Waals surface area (Å²) in [5.41, 5.74) is 1.36. The zero-order valence-corrected chi connectivity index (χ0v) is 12.2. The number of aryl methyl sites for hydroxylation is 1. The third kappa shape index (κ3) is 3.46. The van der Waals surface area contributed by atoms with Crippen molar-refractivity contribution in [2.75, 3.05) is 13.6 Å². The van der Waals surface area contributed by atoms with Gasteiger partial charge in [0, 0.05) is 13.6 Å². The van der Waals surface area contributed by atoms with Crippen molar-refractivity contribution in [3.05, 3.63) is 41.5 Å². The Hall–Kier alpha value is -2.77. The smallest absolute Gasteiger partial charge is 0.305 e. The van der Waals surface area contributed by atoms with Crippen molar-refractivity contribution in [2.24, 2.45) is 0 Å². The third-order valence-corrected chi connectivity index (χ3v) is 3.13. The Balaban J connectivity index is 2.17. The molecule has 0 saturated carbocycles. The van der Waals surface area contributed by atoms with E-state index in [2.05, 4.69) is 10.3 Å². The first-order valence-electron chi connectivity index (χ1n) is 6.54. The van der Waals surface area contributed by atoms with Gasteiger partial charge < -0.3 is 10.0 Å². The lowest BCUT2D eigenvalue weighted by Gasteiger charge is -2.13. The average molecular weight is 306 g/mol. The highest BCUT2D eigenvalue weighted by atomic mass is 19.1. The number of halogens is 1. The van der Waals surface area contributed by atoms with Gasteiger partial charge in [-0.2, -0.15) is 0 Å². The number of carbonyl (C=O) groups is 2. The van der Waals surface area contributed by atoms with Gasteiger partial charge in [-0.25, -0.2) is 9.07 Å². The molecule has 0 spiro atoms. The van der Waals surface area contributed by atoms with Crippen LogP contribution in [-0.4, -0.2) is 50.5 Å². The zero-order valence-electron chi connectivity index (χ0n) is 12.2. The quantitative estimate of drug-likeness (QED) is 0.898. The minimum Gasteiger partial charge on any atom is -0.481 e. The highest BCUT2D eigenvalue weighted by molar-refractivity contribution is 5.92. The first-order chi connectivity index (χ1) is 10.4. The normalized spacial score (nSPS) is 10.5. The highest BCUT2D eigenvalue weighted by Gasteiger charge is 2.17. The molecule has 1 aromatic heterocycles. The summed E-state index contributed by atoms with van der Waals surface area (Å²) in [4.78, 5) is 23.9. The number of carboxylic acid groups (broad SMARTS) is 1. The number of carboxylic acids is 1. The Morgan fingerprint density at radius 1 is 1.41 bits per heavy atom. The lowest BCUT2D eigenvalue weighted by Crippen LogP contribution is -2.29. The molecule has 1 amide bonds. The molecule has 2 rings (SSSR count). The second-order valence-corrected chi connectivity index (χ2v) is 4.85. The predicted octanol–water partition coefficient (Wildman–Crippen LogP) is 1.26. The van der Waals surface area contributed by atoms with E-state index < -0.39 is 11.9 Å². The maximum absolute atomic E-state index is 13.1. The van der Waals surface area contributed by atoms with Crippen LogP contribution in [0.2, 0.25) is 0 Å². The van der Waals surface area contributed by atoms with Gasteiger partial charge in [-0.1, -0.05) is 5.21 Å². The van der Waals surface area contributed by atoms with Gasteiger partial charge in [-0.15, -0.1) is 5.10 Å². The summed E-state index contributed by atoms with van der Waals surface area (Å²) in [6.07, 6.45) is 1.29. The molecule has 1 heterocycles. The standard InChI is InChI=1S/C14H15FN4O3/c1-9-7-10(15)3-4-12(9)19-8-11(16-17-19)14(22)18(2)6-5-13(20)21/h3-4,7-8H,5-6H2,1-2H3,(H,20,21). The third-order valence-electron chi connectivity index (χ3n) is 3.13. The molecule has 8 heteroatoms. The second-order valence-electron chi connectivity index (χ2n) is 4.85. The van der Waals surface area contributed by atoms with Crippen LogP contribution in [0.1, 0.15) is 22.5 Å². The molecule has 0 unspecified atom stereocenters. The Kier molecular flexibility index (Phi) is 4.50. The van der Waals surface area contributed by atoms with Gasteiger partial charge in [0.1, 0.15) is 5.82 Å². The molecule has 0 fully saturated rings. The molecular formula is C14H15FN4O3. The molecule has 0 atom stereocenters. The molecule has 1 N–H and O–H groups in total. The Bertz CT molecular complexity index is 714. The average Bonchev–Trinajstić information content (AvgIpc) is 2.93. The van der Waals surface area contributed by atoms with E-state index in [0.717, 1.165) is 0 Å². The van der Waals surface area contributed by atoms with E-state index in [1.54, 1.807) is 13.0 Å². The van der Waals surface area contributed by atoms with E-state index in [9.17, 15) is 14.0 Å². The molecule has 0 radical (unpaired) electrons. The molecule has 7 nitrogen and oxygen atoms in total. The fourth-order valence-electron chi connectivity index (χ4n) is 1.92. The van der Waals surface area contributed by atoms with Gasteiger partial charge in [0.25, 0.3) is 5.91 Å². The van der Waals surface area contributed by atoms with E-state index in [4.69, 9.17) is 5.11 Å². The molecule has 116 valence electrons. The van der Waals surface area contributed by atoms with Crippen LogP contribution < -0.4 is 0 Å². The van der Waals surface area contributed by atoms with E-state index in [-0.39, 0.29) is 24.5 Å². The Morgan fingerprint density at radius 2 is 2.14 bits per heavy atom. The van der Waals surface area contributed by atoms with Gasteiger partial charge in [0.2, 0.25) is 0 Å². The first-order valence-corrected chi connectivity index (χ1v) is 6.54. The monoisotopic (exact) mass is 306 g/mol. The van der Waals surface area contributed by atoms with Crippen molar-refractivity contribution < 1.29 is 19.1 Å². The molecule has 0 bridgehead atoms. The van der Waals surface area contributed by atoms with Crippen molar-refractivity contribution in [2.45, 2.75) is 13.3 Å². The number of hydrogen-bond acceptors (Lipinski definition) is 4. The lowest BCUT2D eigenvalue weighted by atomic mass is 10.2. The minimum atomic E-state index is -0.981. The highest BCUT2D eigenvalue weighted by Crippen LogP contribution is 2.14. The molecule has 0 aliphatic heterocycles. The summed E-state index contributed by atoms with van der Waals surface area (Å²) >= 11 is 0. The van der Waals surface area contributed by atoms with Gasteiger partial charge in [0.15, 0.2) is 5.69 Å². The van der Waals surface area contributed by atoms with Crippen LogP contribution in [0.3, 0.4) is 0 Å². The number of aromatic nitrogens is 3. The topological polar surface area (TPSA) is 88.3 Å². The summed E-state index contributed by atoms with van der Waals surface area (Å²) < 4.78 is 14.5. The molecule has 0 aliphatic rings. The number of benzene rings is 1. The Morgan fingerprint density at radius 3 is 2.77 bits per heavy atom. The fraction of sp³-hybridized carbons (Fsp3) is 0.286. The van der Waals surface area contributed by atoms with E-state index in [1.165, 1.54) is 35.0 Å². The minimum absolute atomic E-state index is 0.0800. The van der Waals surface area contributed by atoms with E-state index in [0.29, 0.717) is 11.3 Å². The number of aliphatic carboxylic acids is 1. The predicted molar refractivity (Wildman–Crippen MR) is 75.3 cm³/mol. The largest absolute Gasteiger partial charge is 0.481 e. The number of hydrogen-bond donors (Lipinski definition) is 1. The number of amides is 1. The SMILES string of the molecule is Cc1cc(F)ccc1-n1cc(C(=O)N(C)CCC(=O)O)nn1. The molecule has 22 heavy (non-hydrogen) atoms. The van der Waals surface area contributed by atoms with Crippen LogP contribution in [0.5, 0.6) is 0 Å². The van der Waals surface area contributed by atoms with Gasteiger partial charge in [-0.05, 0) is 30.7 Å². The van der Waals surface area contributed by atoms with Crippen molar-refractivity contribution in [3.63, 3.8) is 0 Å². The number of rotatable bonds is 5. The molecule has 2 aromatic rings. The van der Waals surface area contributed by atoms with Crippen LogP contribution in [-0.2, 0) is 4.79 Å². The van der Waals surface area contributed by atoms with Crippen LogP contribution in [0.15, 0.2) is 24.4 Å². The number of carbonyl (C=O) groups excluding carboxylic acids is 1. The first kappa shape index (κ1) is 15.6. The van der Waals surface area contributed by atoms with Crippen LogP contribution in [0, 0.1) is 12.7 Å².